The molecule has 0 amide bonds. The van der Waals surface area contributed by atoms with Crippen LogP contribution in [0.25, 0.3) is 0 Å². The molecule has 1 aromatic heterocycles. The molecule has 144 valence electrons. The minimum absolute atomic E-state index is 0.176. The highest BCUT2D eigenvalue weighted by molar-refractivity contribution is 5.76. The number of benzene rings is 1. The van der Waals surface area contributed by atoms with Gasteiger partial charge in [-0.25, -0.2) is 4.98 Å². The van der Waals surface area contributed by atoms with Gasteiger partial charge in [-0.3, -0.25) is 0 Å². The summed E-state index contributed by atoms with van der Waals surface area (Å²) in [4.78, 5) is 18.4. The minimum atomic E-state index is 0.176. The lowest BCUT2D eigenvalue weighted by Gasteiger charge is -2.19. The van der Waals surface area contributed by atoms with Crippen LogP contribution in [0.5, 0.6) is 5.75 Å². The molecule has 1 saturated heterocycles. The van der Waals surface area contributed by atoms with Crippen LogP contribution in [0, 0.1) is 0 Å². The largest absolute Gasteiger partial charge is 0.489 e. The fourth-order valence-corrected chi connectivity index (χ4v) is 3.59. The summed E-state index contributed by atoms with van der Waals surface area (Å²) in [7, 11) is 0. The fourth-order valence-electron chi connectivity index (χ4n) is 3.59. The number of anilines is 1. The number of nitrogens with zero attached hydrogens (tertiary/aromatic N) is 2. The lowest BCUT2D eigenvalue weighted by molar-refractivity contribution is -0.117. The van der Waals surface area contributed by atoms with E-state index in [1.165, 1.54) is 5.56 Å². The van der Waals surface area contributed by atoms with Crippen LogP contribution < -0.4 is 9.64 Å². The molecule has 0 N–H and O–H groups in total. The first-order valence-electron chi connectivity index (χ1n) is 9.90. The van der Waals surface area contributed by atoms with Gasteiger partial charge in [0.2, 0.25) is 0 Å². The number of hydrogen-bond donors (Lipinski definition) is 0. The van der Waals surface area contributed by atoms with E-state index in [1.54, 1.807) is 6.92 Å². The summed E-state index contributed by atoms with van der Waals surface area (Å²) in [5.74, 6) is 2.84. The maximum absolute atomic E-state index is 11.3. The Hall–Kier alpha value is -2.36. The SMILES string of the molecule is CC(=O)C[C@@H](C)c1ccc(OC2CCN(c3cccc(C(C)C)n3)C2)cc1. The first-order valence-corrected chi connectivity index (χ1v) is 9.90. The van der Waals surface area contributed by atoms with Gasteiger partial charge in [0.15, 0.2) is 0 Å². The Balaban J connectivity index is 1.58. The molecular formula is C23H30N2O2. The van der Waals surface area contributed by atoms with E-state index in [0.29, 0.717) is 12.3 Å². The molecule has 0 radical (unpaired) electrons. The van der Waals surface area contributed by atoms with Crippen molar-refractivity contribution in [1.29, 1.82) is 0 Å². The number of carbonyl (C=O) groups is 1. The highest BCUT2D eigenvalue weighted by Gasteiger charge is 2.25. The predicted molar refractivity (Wildman–Crippen MR) is 110 cm³/mol. The number of ether oxygens (including phenoxy) is 1. The van der Waals surface area contributed by atoms with Gasteiger partial charge in [0, 0.05) is 25.1 Å². The second kappa shape index (κ2) is 8.55. The topological polar surface area (TPSA) is 42.4 Å². The molecule has 0 bridgehead atoms. The van der Waals surface area contributed by atoms with Gasteiger partial charge in [-0.1, -0.05) is 39.0 Å². The average molecular weight is 367 g/mol. The smallest absolute Gasteiger partial charge is 0.130 e. The summed E-state index contributed by atoms with van der Waals surface area (Å²) in [6.07, 6.45) is 1.76. The van der Waals surface area contributed by atoms with Gasteiger partial charge in [0.25, 0.3) is 0 Å². The molecule has 1 aliphatic rings. The maximum Gasteiger partial charge on any atom is 0.130 e. The number of rotatable bonds is 7. The van der Waals surface area contributed by atoms with Crippen LogP contribution >= 0.6 is 0 Å². The molecule has 1 aliphatic heterocycles. The zero-order valence-corrected chi connectivity index (χ0v) is 16.8. The molecule has 0 saturated carbocycles. The molecule has 4 heteroatoms. The van der Waals surface area contributed by atoms with Crippen molar-refractivity contribution in [1.82, 2.24) is 4.98 Å². The van der Waals surface area contributed by atoms with Gasteiger partial charge >= 0.3 is 0 Å². The van der Waals surface area contributed by atoms with Gasteiger partial charge in [0.1, 0.15) is 23.5 Å². The molecule has 1 aromatic carbocycles. The van der Waals surface area contributed by atoms with Crippen molar-refractivity contribution in [3.63, 3.8) is 0 Å². The molecule has 4 nitrogen and oxygen atoms in total. The molecule has 2 atom stereocenters. The third-order valence-electron chi connectivity index (χ3n) is 5.16. The third kappa shape index (κ3) is 5.09. The standard InChI is InChI=1S/C23H30N2O2/c1-16(2)22-6-5-7-23(24-22)25-13-12-21(15-25)27-20-10-8-19(9-11-20)17(3)14-18(4)26/h5-11,16-17,21H,12-15H2,1-4H3/t17-,21?/m1/s1. The van der Waals surface area contributed by atoms with Crippen LogP contribution in [0.2, 0.25) is 0 Å². The molecule has 0 spiro atoms. The van der Waals surface area contributed by atoms with Gasteiger partial charge in [0.05, 0.1) is 6.54 Å². The molecule has 0 aliphatic carbocycles. The maximum atomic E-state index is 11.3. The van der Waals surface area contributed by atoms with Crippen LogP contribution in [0.15, 0.2) is 42.5 Å². The van der Waals surface area contributed by atoms with Crippen LogP contribution in [0.3, 0.4) is 0 Å². The van der Waals surface area contributed by atoms with Gasteiger partial charge < -0.3 is 14.4 Å². The highest BCUT2D eigenvalue weighted by atomic mass is 16.5. The van der Waals surface area contributed by atoms with Crippen LogP contribution in [0.1, 0.15) is 63.6 Å². The number of carbonyl (C=O) groups excluding carboxylic acids is 1. The zero-order chi connectivity index (χ0) is 19.4. The van der Waals surface area contributed by atoms with E-state index in [1.807, 2.05) is 12.1 Å². The molecular weight excluding hydrogens is 336 g/mol. The number of ketones is 1. The molecule has 3 rings (SSSR count). The molecule has 1 fully saturated rings. The van der Waals surface area contributed by atoms with E-state index in [0.717, 1.165) is 36.8 Å². The van der Waals surface area contributed by atoms with E-state index in [-0.39, 0.29) is 17.8 Å². The monoisotopic (exact) mass is 366 g/mol. The Morgan fingerprint density at radius 1 is 1.19 bits per heavy atom. The lowest BCUT2D eigenvalue weighted by Crippen LogP contribution is -2.25. The van der Waals surface area contributed by atoms with Crippen molar-refractivity contribution in [2.75, 3.05) is 18.0 Å². The zero-order valence-electron chi connectivity index (χ0n) is 16.8. The summed E-state index contributed by atoms with van der Waals surface area (Å²) in [5.41, 5.74) is 2.31. The van der Waals surface area contributed by atoms with Gasteiger partial charge in [-0.2, -0.15) is 0 Å². The summed E-state index contributed by atoms with van der Waals surface area (Å²) >= 11 is 0. The second-order valence-corrected chi connectivity index (χ2v) is 7.93. The van der Waals surface area contributed by atoms with Crippen molar-refractivity contribution in [3.8, 4) is 5.75 Å². The number of pyridine rings is 1. The molecule has 2 heterocycles. The Labute approximate surface area is 162 Å². The Morgan fingerprint density at radius 2 is 1.93 bits per heavy atom. The molecule has 1 unspecified atom stereocenters. The van der Waals surface area contributed by atoms with Gasteiger partial charge in [-0.05, 0) is 48.6 Å². The summed E-state index contributed by atoms with van der Waals surface area (Å²) in [6.45, 7) is 9.89. The first kappa shape index (κ1) is 19.4. The second-order valence-electron chi connectivity index (χ2n) is 7.93. The summed E-state index contributed by atoms with van der Waals surface area (Å²) in [5, 5.41) is 0. The van der Waals surface area contributed by atoms with E-state index in [4.69, 9.17) is 9.72 Å². The fraction of sp³-hybridized carbons (Fsp3) is 0.478. The molecule has 2 aromatic rings. The highest BCUT2D eigenvalue weighted by Crippen LogP contribution is 2.26. The first-order chi connectivity index (χ1) is 12.9. The normalized spacial score (nSPS) is 18.0. The molecule has 27 heavy (non-hydrogen) atoms. The average Bonchev–Trinajstić information content (AvgIpc) is 3.10. The summed E-state index contributed by atoms with van der Waals surface area (Å²) < 4.78 is 6.18. The number of hydrogen-bond acceptors (Lipinski definition) is 4. The van der Waals surface area contributed by atoms with Crippen molar-refractivity contribution < 1.29 is 9.53 Å². The van der Waals surface area contributed by atoms with Crippen LogP contribution in [-0.4, -0.2) is 30.0 Å². The van der Waals surface area contributed by atoms with Gasteiger partial charge in [-0.15, -0.1) is 0 Å². The quantitative estimate of drug-likeness (QED) is 0.696. The summed E-state index contributed by atoms with van der Waals surface area (Å²) in [6, 6.07) is 14.4. The van der Waals surface area contributed by atoms with Crippen LogP contribution in [-0.2, 0) is 4.79 Å². The van der Waals surface area contributed by atoms with E-state index < -0.39 is 0 Å². The van der Waals surface area contributed by atoms with Crippen molar-refractivity contribution in [3.05, 3.63) is 53.7 Å². The Bertz CT molecular complexity index is 770. The van der Waals surface area contributed by atoms with Crippen molar-refractivity contribution >= 4 is 11.6 Å². The third-order valence-corrected chi connectivity index (χ3v) is 5.16. The Kier molecular flexibility index (Phi) is 6.15. The van der Waals surface area contributed by atoms with E-state index >= 15 is 0 Å². The van der Waals surface area contributed by atoms with Crippen molar-refractivity contribution in [2.45, 2.75) is 58.5 Å². The van der Waals surface area contributed by atoms with Crippen molar-refractivity contribution in [2.24, 2.45) is 0 Å². The van der Waals surface area contributed by atoms with Crippen LogP contribution in [0.4, 0.5) is 5.82 Å². The number of aromatic nitrogens is 1. The lowest BCUT2D eigenvalue weighted by atomic mass is 9.96. The predicted octanol–water partition coefficient (Wildman–Crippen LogP) is 4.95. The number of Topliss-reactive ketones (excluding diaryl/α,β-unsaturated/α-hetero) is 1. The minimum Gasteiger partial charge on any atom is -0.489 e. The van der Waals surface area contributed by atoms with E-state index in [2.05, 4.69) is 56.0 Å². The Morgan fingerprint density at radius 3 is 2.59 bits per heavy atom. The van der Waals surface area contributed by atoms with E-state index in [9.17, 15) is 4.79 Å².